The summed E-state index contributed by atoms with van der Waals surface area (Å²) in [7, 11) is 0. The number of anilines is 6. The maximum Gasteiger partial charge on any atom is 0.146 e. The quantitative estimate of drug-likeness (QED) is 0.167. The molecule has 0 aliphatic heterocycles. The highest BCUT2D eigenvalue weighted by Crippen LogP contribution is 2.52. The van der Waals surface area contributed by atoms with Crippen LogP contribution in [0.4, 0.5) is 34.1 Å². The molecule has 5 heteroatoms. The van der Waals surface area contributed by atoms with E-state index in [0.29, 0.717) is 0 Å². The first-order valence-electron chi connectivity index (χ1n) is 22.6. The topological polar surface area (TPSA) is 28.2 Å². The van der Waals surface area contributed by atoms with Gasteiger partial charge in [-0.05, 0) is 94.3 Å². The smallest absolute Gasteiger partial charge is 0.146 e. The maximum absolute atomic E-state index is 5.97. The van der Waals surface area contributed by atoms with Crippen molar-refractivity contribution in [3.05, 3.63) is 224 Å². The highest BCUT2D eigenvalue weighted by atomic mass is 15.2. The molecular weight excluding hydrogens is 803 g/mol. The summed E-state index contributed by atoms with van der Waals surface area (Å²) < 4.78 is 5.02. The SMILES string of the molecule is c1ccc(N(c2ccccc2)c2cc3ccccc3c3c4cc5ccccc5c5c6nc7c(cc6n(c23)c45)c2cccc3c4cccc(N(c5ccccc5)c5ccccc5)c4n7c23)cc1. The van der Waals surface area contributed by atoms with Crippen molar-refractivity contribution in [2.45, 2.75) is 0 Å². The number of hydrogen-bond donors (Lipinski definition) is 0. The normalized spacial score (nSPS) is 12.2. The Balaban J connectivity index is 1.15. The third-order valence-corrected chi connectivity index (χ3v) is 14.0. The predicted octanol–water partition coefficient (Wildman–Crippen LogP) is 16.6. The molecule has 306 valence electrons. The first-order valence-corrected chi connectivity index (χ1v) is 22.6. The molecule has 0 spiro atoms. The van der Waals surface area contributed by atoms with Crippen LogP contribution in [0.1, 0.15) is 0 Å². The molecule has 0 N–H and O–H groups in total. The Morgan fingerprint density at radius 3 is 1.38 bits per heavy atom. The number of nitrogens with zero attached hydrogens (tertiary/aromatic N) is 5. The zero-order valence-corrected chi connectivity index (χ0v) is 35.6. The molecule has 5 heterocycles. The van der Waals surface area contributed by atoms with Gasteiger partial charge >= 0.3 is 0 Å². The number of aromatic nitrogens is 3. The monoisotopic (exact) mass is 839 g/mol. The molecule has 0 fully saturated rings. The van der Waals surface area contributed by atoms with Crippen LogP contribution >= 0.6 is 0 Å². The van der Waals surface area contributed by atoms with Gasteiger partial charge in [0.15, 0.2) is 0 Å². The number of hydrogen-bond acceptors (Lipinski definition) is 3. The minimum Gasteiger partial charge on any atom is -0.308 e. The van der Waals surface area contributed by atoms with Crippen molar-refractivity contribution in [2.24, 2.45) is 0 Å². The zero-order chi connectivity index (χ0) is 43.0. The van der Waals surface area contributed by atoms with Crippen LogP contribution < -0.4 is 9.80 Å². The van der Waals surface area contributed by atoms with Gasteiger partial charge in [-0.25, -0.2) is 4.98 Å². The molecule has 0 radical (unpaired) electrons. The van der Waals surface area contributed by atoms with E-state index in [0.717, 1.165) is 61.7 Å². The summed E-state index contributed by atoms with van der Waals surface area (Å²) in [5.74, 6) is 0. The van der Waals surface area contributed by atoms with Gasteiger partial charge in [0, 0.05) is 60.5 Å². The molecule has 0 amide bonds. The minimum atomic E-state index is 0.959. The average molecular weight is 840 g/mol. The van der Waals surface area contributed by atoms with Gasteiger partial charge in [0.25, 0.3) is 0 Å². The molecule has 0 atom stereocenters. The van der Waals surface area contributed by atoms with Crippen LogP contribution in [-0.4, -0.2) is 13.8 Å². The minimum absolute atomic E-state index is 0.959. The van der Waals surface area contributed by atoms with E-state index in [4.69, 9.17) is 4.98 Å². The standard InChI is InChI=1S/C61H37N5/c1-5-21-40(22-6-1)63(41-23-7-2-8-24-41)51-34-18-33-47-46-31-17-32-48-49-37-52-56(62-61(49)66(57(46)48)58(47)51)55-45-30-16-13-19-38(45)35-50-54-44-29-15-14-20-39(44)36-53(60(54)65(52)59(50)55)64(42-25-9-3-10-26-42)43-27-11-4-12-28-43/h1-37H. The van der Waals surface area contributed by atoms with Crippen molar-refractivity contribution in [1.82, 2.24) is 13.8 Å². The number of pyridine rings is 1. The molecule has 5 nitrogen and oxygen atoms in total. The predicted molar refractivity (Wildman–Crippen MR) is 278 cm³/mol. The molecule has 15 rings (SSSR count). The fourth-order valence-electron chi connectivity index (χ4n) is 11.4. The molecule has 15 aromatic rings. The van der Waals surface area contributed by atoms with Gasteiger partial charge in [0.2, 0.25) is 0 Å². The number of para-hydroxylation sites is 6. The number of benzene rings is 10. The third-order valence-electron chi connectivity index (χ3n) is 14.0. The Kier molecular flexibility index (Phi) is 7.16. The Hall–Kier alpha value is -8.93. The van der Waals surface area contributed by atoms with E-state index in [2.05, 4.69) is 243 Å². The van der Waals surface area contributed by atoms with Gasteiger partial charge in [-0.3, -0.25) is 4.40 Å². The fraction of sp³-hybridized carbons (Fsp3) is 0. The van der Waals surface area contributed by atoms with E-state index in [-0.39, 0.29) is 0 Å². The maximum atomic E-state index is 5.97. The molecule has 10 aromatic carbocycles. The van der Waals surface area contributed by atoms with Gasteiger partial charge in [0.1, 0.15) is 5.65 Å². The van der Waals surface area contributed by atoms with E-state index in [1.165, 1.54) is 70.4 Å². The highest BCUT2D eigenvalue weighted by Gasteiger charge is 2.29. The van der Waals surface area contributed by atoms with E-state index in [9.17, 15) is 0 Å². The van der Waals surface area contributed by atoms with Crippen LogP contribution in [0.15, 0.2) is 224 Å². The van der Waals surface area contributed by atoms with Gasteiger partial charge in [0.05, 0.1) is 44.5 Å². The first-order chi connectivity index (χ1) is 32.8. The first kappa shape index (κ1) is 35.5. The molecule has 66 heavy (non-hydrogen) atoms. The number of rotatable bonds is 6. The summed E-state index contributed by atoms with van der Waals surface area (Å²) in [6, 6.07) is 81.6. The van der Waals surface area contributed by atoms with Crippen molar-refractivity contribution in [3.63, 3.8) is 0 Å². The van der Waals surface area contributed by atoms with Gasteiger partial charge in [-0.15, -0.1) is 0 Å². The number of fused-ring (bicyclic) bond motifs is 16. The lowest BCUT2D eigenvalue weighted by Crippen LogP contribution is -2.11. The Morgan fingerprint density at radius 1 is 0.303 bits per heavy atom. The summed E-state index contributed by atoms with van der Waals surface area (Å²) in [6.07, 6.45) is 0. The van der Waals surface area contributed by atoms with Crippen LogP contribution in [0.25, 0.3) is 98.0 Å². The van der Waals surface area contributed by atoms with Crippen LogP contribution in [0.3, 0.4) is 0 Å². The van der Waals surface area contributed by atoms with Crippen LogP contribution in [0.2, 0.25) is 0 Å². The Labute approximate surface area is 378 Å². The molecule has 0 unspecified atom stereocenters. The lowest BCUT2D eigenvalue weighted by molar-refractivity contribution is 1.25. The highest BCUT2D eigenvalue weighted by molar-refractivity contribution is 6.36. The van der Waals surface area contributed by atoms with E-state index in [1.807, 2.05) is 0 Å². The van der Waals surface area contributed by atoms with Gasteiger partial charge in [-0.2, -0.15) is 0 Å². The largest absolute Gasteiger partial charge is 0.308 e. The van der Waals surface area contributed by atoms with Crippen molar-refractivity contribution >= 4 is 132 Å². The second-order valence-corrected chi connectivity index (χ2v) is 17.5. The fourth-order valence-corrected chi connectivity index (χ4v) is 11.4. The molecule has 0 aliphatic carbocycles. The van der Waals surface area contributed by atoms with Crippen LogP contribution in [0, 0.1) is 0 Å². The van der Waals surface area contributed by atoms with Gasteiger partial charge < -0.3 is 14.2 Å². The Bertz CT molecular complexity index is 4310. The summed E-state index contributed by atoms with van der Waals surface area (Å²) in [6.45, 7) is 0. The van der Waals surface area contributed by atoms with Crippen molar-refractivity contribution in [1.29, 1.82) is 0 Å². The molecule has 0 saturated heterocycles. The zero-order valence-electron chi connectivity index (χ0n) is 35.6. The second-order valence-electron chi connectivity index (χ2n) is 17.5. The molecule has 0 bridgehead atoms. The van der Waals surface area contributed by atoms with E-state index >= 15 is 0 Å². The van der Waals surface area contributed by atoms with Crippen LogP contribution in [-0.2, 0) is 0 Å². The molecule has 0 aliphatic rings. The van der Waals surface area contributed by atoms with Crippen LogP contribution in [0.5, 0.6) is 0 Å². The third kappa shape index (κ3) is 4.70. The molecule has 5 aromatic heterocycles. The van der Waals surface area contributed by atoms with Gasteiger partial charge in [-0.1, -0.05) is 152 Å². The molecule has 0 saturated carbocycles. The summed E-state index contributed by atoms with van der Waals surface area (Å²) in [4.78, 5) is 10.8. The van der Waals surface area contributed by atoms with Crippen molar-refractivity contribution in [3.8, 4) is 0 Å². The summed E-state index contributed by atoms with van der Waals surface area (Å²) >= 11 is 0. The van der Waals surface area contributed by atoms with Crippen molar-refractivity contribution < 1.29 is 0 Å². The van der Waals surface area contributed by atoms with E-state index in [1.54, 1.807) is 0 Å². The van der Waals surface area contributed by atoms with E-state index < -0.39 is 0 Å². The lowest BCUT2D eigenvalue weighted by Gasteiger charge is -2.27. The molecular formula is C61H37N5. The average Bonchev–Trinajstić information content (AvgIpc) is 4.11. The van der Waals surface area contributed by atoms with Crippen molar-refractivity contribution in [2.75, 3.05) is 9.80 Å². The summed E-state index contributed by atoms with van der Waals surface area (Å²) in [5.41, 5.74) is 14.4. The summed E-state index contributed by atoms with van der Waals surface area (Å²) in [5, 5.41) is 13.3. The Morgan fingerprint density at radius 2 is 0.773 bits per heavy atom. The lowest BCUT2D eigenvalue weighted by atomic mass is 9.98. The second kappa shape index (κ2) is 13.3.